The lowest BCUT2D eigenvalue weighted by molar-refractivity contribution is -0.0639. The van der Waals surface area contributed by atoms with Crippen molar-refractivity contribution in [2.24, 2.45) is 0 Å². The first-order valence-electron chi connectivity index (χ1n) is 6.72. The zero-order chi connectivity index (χ0) is 14.0. The molecule has 0 spiro atoms. The van der Waals surface area contributed by atoms with Crippen LogP contribution in [-0.4, -0.2) is 18.2 Å². The Morgan fingerprint density at radius 3 is 2.84 bits per heavy atom. The monoisotopic (exact) mass is 329 g/mol. The molecule has 1 heterocycles. The molecule has 1 fully saturated rings. The zero-order valence-corrected chi connectivity index (χ0v) is 13.3. The Kier molecular flexibility index (Phi) is 4.64. The van der Waals surface area contributed by atoms with Gasteiger partial charge in [0.15, 0.2) is 0 Å². The fraction of sp³-hybridized carbons (Fsp3) is 0.600. The first-order chi connectivity index (χ1) is 8.87. The minimum Gasteiger partial charge on any atom is -0.375 e. The van der Waals surface area contributed by atoms with Crippen LogP contribution in [0.4, 0.5) is 4.39 Å². The van der Waals surface area contributed by atoms with E-state index in [1.54, 1.807) is 0 Å². The number of halogens is 2. The Labute approximate surface area is 122 Å². The van der Waals surface area contributed by atoms with Crippen molar-refractivity contribution in [3.05, 3.63) is 34.1 Å². The Morgan fingerprint density at radius 2 is 2.21 bits per heavy atom. The molecule has 106 valence electrons. The first kappa shape index (κ1) is 14.9. The summed E-state index contributed by atoms with van der Waals surface area (Å²) < 4.78 is 19.5. The predicted octanol–water partition coefficient (Wildman–Crippen LogP) is 4.20. The van der Waals surface area contributed by atoms with Crippen LogP contribution in [-0.2, 0) is 4.74 Å². The van der Waals surface area contributed by atoms with E-state index in [1.165, 1.54) is 6.07 Å². The molecule has 2 nitrogen and oxygen atoms in total. The fourth-order valence-corrected chi connectivity index (χ4v) is 3.00. The molecule has 1 aromatic carbocycles. The SMILES string of the molecule is CC(NC1CCOC(C)(C)C1)c1ccc(F)c(Br)c1. The van der Waals surface area contributed by atoms with Crippen molar-refractivity contribution in [1.29, 1.82) is 0 Å². The predicted molar refractivity (Wildman–Crippen MR) is 78.7 cm³/mol. The van der Waals surface area contributed by atoms with Crippen molar-refractivity contribution in [1.82, 2.24) is 5.32 Å². The number of benzene rings is 1. The molecular formula is C15H21BrFNO. The number of hydrogen-bond donors (Lipinski definition) is 1. The molecular weight excluding hydrogens is 309 g/mol. The van der Waals surface area contributed by atoms with E-state index in [9.17, 15) is 4.39 Å². The largest absolute Gasteiger partial charge is 0.375 e. The topological polar surface area (TPSA) is 21.3 Å². The van der Waals surface area contributed by atoms with Crippen LogP contribution in [0.5, 0.6) is 0 Å². The van der Waals surface area contributed by atoms with Crippen LogP contribution in [0.1, 0.15) is 45.2 Å². The molecule has 0 amide bonds. The summed E-state index contributed by atoms with van der Waals surface area (Å²) in [5.41, 5.74) is 1.04. The van der Waals surface area contributed by atoms with Crippen LogP contribution in [0.2, 0.25) is 0 Å². The highest BCUT2D eigenvalue weighted by Gasteiger charge is 2.29. The highest BCUT2D eigenvalue weighted by atomic mass is 79.9. The van der Waals surface area contributed by atoms with Gasteiger partial charge in [0, 0.05) is 18.7 Å². The van der Waals surface area contributed by atoms with Crippen LogP contribution >= 0.6 is 15.9 Å². The lowest BCUT2D eigenvalue weighted by Gasteiger charge is -2.37. The standard InChI is InChI=1S/C15H21BrFNO/c1-10(11-4-5-14(17)13(16)8-11)18-12-6-7-19-15(2,3)9-12/h4-5,8,10,12,18H,6-7,9H2,1-3H3. The van der Waals surface area contributed by atoms with E-state index in [-0.39, 0.29) is 17.5 Å². The highest BCUT2D eigenvalue weighted by molar-refractivity contribution is 9.10. The molecule has 1 N–H and O–H groups in total. The quantitative estimate of drug-likeness (QED) is 0.897. The van der Waals surface area contributed by atoms with Gasteiger partial charge in [-0.1, -0.05) is 6.07 Å². The van der Waals surface area contributed by atoms with E-state index in [0.717, 1.165) is 25.0 Å². The molecule has 1 aromatic rings. The van der Waals surface area contributed by atoms with Crippen molar-refractivity contribution in [2.45, 2.75) is 51.3 Å². The van der Waals surface area contributed by atoms with E-state index in [2.05, 4.69) is 42.0 Å². The van der Waals surface area contributed by atoms with Gasteiger partial charge in [0.2, 0.25) is 0 Å². The number of hydrogen-bond acceptors (Lipinski definition) is 2. The van der Waals surface area contributed by atoms with E-state index in [1.807, 2.05) is 12.1 Å². The average Bonchev–Trinajstić information content (AvgIpc) is 2.31. The zero-order valence-electron chi connectivity index (χ0n) is 11.7. The molecule has 2 rings (SSSR count). The Morgan fingerprint density at radius 1 is 1.47 bits per heavy atom. The summed E-state index contributed by atoms with van der Waals surface area (Å²) >= 11 is 3.23. The van der Waals surface area contributed by atoms with Gasteiger partial charge in [-0.05, 0) is 67.2 Å². The van der Waals surface area contributed by atoms with Crippen molar-refractivity contribution in [2.75, 3.05) is 6.61 Å². The second-order valence-corrected chi connectivity index (χ2v) is 6.71. The minimum atomic E-state index is -0.219. The molecule has 1 saturated heterocycles. The van der Waals surface area contributed by atoms with E-state index in [4.69, 9.17) is 4.74 Å². The third-order valence-electron chi connectivity index (χ3n) is 3.63. The summed E-state index contributed by atoms with van der Waals surface area (Å²) in [6, 6.07) is 5.84. The summed E-state index contributed by atoms with van der Waals surface area (Å²) in [4.78, 5) is 0. The van der Waals surface area contributed by atoms with Crippen molar-refractivity contribution < 1.29 is 9.13 Å². The average molecular weight is 330 g/mol. The maximum Gasteiger partial charge on any atom is 0.137 e. The van der Waals surface area contributed by atoms with Crippen LogP contribution in [0.25, 0.3) is 0 Å². The van der Waals surface area contributed by atoms with Gasteiger partial charge in [-0.3, -0.25) is 0 Å². The summed E-state index contributed by atoms with van der Waals surface area (Å²) in [5.74, 6) is -0.219. The summed E-state index contributed by atoms with van der Waals surface area (Å²) in [6.07, 6.45) is 2.02. The van der Waals surface area contributed by atoms with Crippen molar-refractivity contribution >= 4 is 15.9 Å². The molecule has 1 aliphatic rings. The second-order valence-electron chi connectivity index (χ2n) is 5.86. The smallest absolute Gasteiger partial charge is 0.137 e. The van der Waals surface area contributed by atoms with Gasteiger partial charge in [-0.15, -0.1) is 0 Å². The second kappa shape index (κ2) is 5.90. The molecule has 2 unspecified atom stereocenters. The van der Waals surface area contributed by atoms with Gasteiger partial charge in [-0.2, -0.15) is 0 Å². The van der Waals surface area contributed by atoms with Crippen LogP contribution in [0, 0.1) is 5.82 Å². The summed E-state index contributed by atoms with van der Waals surface area (Å²) in [5, 5.41) is 3.61. The highest BCUT2D eigenvalue weighted by Crippen LogP contribution is 2.27. The third kappa shape index (κ3) is 4.01. The van der Waals surface area contributed by atoms with Gasteiger partial charge >= 0.3 is 0 Å². The van der Waals surface area contributed by atoms with Gasteiger partial charge in [-0.25, -0.2) is 4.39 Å². The molecule has 0 saturated carbocycles. The fourth-order valence-electron chi connectivity index (χ4n) is 2.61. The van der Waals surface area contributed by atoms with E-state index in [0.29, 0.717) is 10.5 Å². The van der Waals surface area contributed by atoms with Crippen LogP contribution in [0.3, 0.4) is 0 Å². The third-order valence-corrected chi connectivity index (χ3v) is 4.23. The molecule has 19 heavy (non-hydrogen) atoms. The maximum absolute atomic E-state index is 13.2. The lowest BCUT2D eigenvalue weighted by atomic mass is 9.93. The lowest BCUT2D eigenvalue weighted by Crippen LogP contribution is -2.44. The van der Waals surface area contributed by atoms with Crippen molar-refractivity contribution in [3.8, 4) is 0 Å². The normalized spacial score (nSPS) is 24.2. The van der Waals surface area contributed by atoms with Gasteiger partial charge in [0.05, 0.1) is 10.1 Å². The molecule has 2 atom stereocenters. The molecule has 0 bridgehead atoms. The molecule has 1 aliphatic heterocycles. The Hall–Kier alpha value is -0.450. The Bertz CT molecular complexity index is 450. The van der Waals surface area contributed by atoms with E-state index >= 15 is 0 Å². The number of ether oxygens (including phenoxy) is 1. The van der Waals surface area contributed by atoms with Gasteiger partial charge in [0.1, 0.15) is 5.82 Å². The maximum atomic E-state index is 13.2. The summed E-state index contributed by atoms with van der Waals surface area (Å²) in [6.45, 7) is 7.16. The molecule has 4 heteroatoms. The number of nitrogens with one attached hydrogen (secondary N) is 1. The van der Waals surface area contributed by atoms with Gasteiger partial charge in [0.25, 0.3) is 0 Å². The molecule has 0 radical (unpaired) electrons. The van der Waals surface area contributed by atoms with Crippen LogP contribution in [0.15, 0.2) is 22.7 Å². The van der Waals surface area contributed by atoms with Crippen LogP contribution < -0.4 is 5.32 Å². The van der Waals surface area contributed by atoms with Crippen molar-refractivity contribution in [3.63, 3.8) is 0 Å². The minimum absolute atomic E-state index is 0.0565. The van der Waals surface area contributed by atoms with E-state index < -0.39 is 0 Å². The Balaban J connectivity index is 2.00. The first-order valence-corrected chi connectivity index (χ1v) is 7.52. The summed E-state index contributed by atoms with van der Waals surface area (Å²) in [7, 11) is 0. The van der Waals surface area contributed by atoms with Gasteiger partial charge < -0.3 is 10.1 Å². The number of rotatable bonds is 3. The molecule has 0 aliphatic carbocycles. The molecule has 0 aromatic heterocycles.